The molecule has 0 bridgehead atoms. The monoisotopic (exact) mass is 301 g/mol. The highest BCUT2D eigenvalue weighted by Gasteiger charge is 2.21. The number of benzene rings is 1. The maximum Gasteiger partial charge on any atom is 0.122 e. The molecular weight excluding hydrogens is 278 g/mol. The first-order valence-corrected chi connectivity index (χ1v) is 8.68. The van der Waals surface area contributed by atoms with Gasteiger partial charge in [0.05, 0.1) is 0 Å². The summed E-state index contributed by atoms with van der Waals surface area (Å²) >= 11 is 1.85. The van der Waals surface area contributed by atoms with Gasteiger partial charge in [-0.3, -0.25) is 0 Å². The third-order valence-corrected chi connectivity index (χ3v) is 5.29. The van der Waals surface area contributed by atoms with Crippen molar-refractivity contribution in [2.24, 2.45) is 0 Å². The minimum atomic E-state index is 0.531. The molecule has 0 spiro atoms. The fraction of sp³-hybridized carbons (Fsp3) is 0.444. The van der Waals surface area contributed by atoms with E-state index in [0.29, 0.717) is 12.6 Å². The van der Waals surface area contributed by atoms with Crippen molar-refractivity contribution in [2.45, 2.75) is 45.8 Å². The van der Waals surface area contributed by atoms with Crippen molar-refractivity contribution < 1.29 is 4.74 Å². The van der Waals surface area contributed by atoms with E-state index in [1.165, 1.54) is 27.3 Å². The number of rotatable bonds is 6. The van der Waals surface area contributed by atoms with Crippen molar-refractivity contribution in [3.05, 3.63) is 51.2 Å². The average molecular weight is 301 g/mol. The summed E-state index contributed by atoms with van der Waals surface area (Å²) in [6.45, 7) is 6.07. The van der Waals surface area contributed by atoms with Gasteiger partial charge in [0.25, 0.3) is 0 Å². The lowest BCUT2D eigenvalue weighted by molar-refractivity contribution is 0.309. The molecule has 112 valence electrons. The van der Waals surface area contributed by atoms with Crippen LogP contribution in [0.5, 0.6) is 5.75 Å². The van der Waals surface area contributed by atoms with Crippen LogP contribution in [0.3, 0.4) is 0 Å². The van der Waals surface area contributed by atoms with E-state index >= 15 is 0 Å². The van der Waals surface area contributed by atoms with Crippen molar-refractivity contribution in [1.82, 2.24) is 5.32 Å². The standard InChI is InChI=1S/C18H23NOS/c1-3-15-7-8-16(21-15)12-20-14-6-9-17-13(11-14)5-10-18(17)19-4-2/h6-9,11,18-19H,3-5,10,12H2,1-2H3. The molecular formula is C18H23NOS. The van der Waals surface area contributed by atoms with E-state index in [-0.39, 0.29) is 0 Å². The Hall–Kier alpha value is -1.32. The van der Waals surface area contributed by atoms with E-state index in [2.05, 4.69) is 49.5 Å². The zero-order valence-electron chi connectivity index (χ0n) is 12.8. The molecule has 1 N–H and O–H groups in total. The fourth-order valence-electron chi connectivity index (χ4n) is 2.99. The summed E-state index contributed by atoms with van der Waals surface area (Å²) in [4.78, 5) is 2.73. The summed E-state index contributed by atoms with van der Waals surface area (Å²) in [6, 6.07) is 11.5. The summed E-state index contributed by atoms with van der Waals surface area (Å²) in [5.74, 6) is 0.998. The molecule has 0 saturated carbocycles. The zero-order valence-corrected chi connectivity index (χ0v) is 13.6. The van der Waals surface area contributed by atoms with Crippen molar-refractivity contribution >= 4 is 11.3 Å². The molecule has 0 amide bonds. The molecule has 1 unspecified atom stereocenters. The van der Waals surface area contributed by atoms with Crippen LogP contribution in [-0.4, -0.2) is 6.54 Å². The van der Waals surface area contributed by atoms with Crippen molar-refractivity contribution in [1.29, 1.82) is 0 Å². The average Bonchev–Trinajstić information content (AvgIpc) is 3.12. The van der Waals surface area contributed by atoms with Gasteiger partial charge >= 0.3 is 0 Å². The predicted octanol–water partition coefficient (Wildman–Crippen LogP) is 4.49. The summed E-state index contributed by atoms with van der Waals surface area (Å²) in [7, 11) is 0. The Balaban J connectivity index is 1.65. The quantitative estimate of drug-likeness (QED) is 0.849. The number of nitrogens with one attached hydrogen (secondary N) is 1. The van der Waals surface area contributed by atoms with E-state index < -0.39 is 0 Å². The Morgan fingerprint density at radius 1 is 1.19 bits per heavy atom. The summed E-state index contributed by atoms with van der Waals surface area (Å²) in [5, 5.41) is 3.55. The van der Waals surface area contributed by atoms with Crippen molar-refractivity contribution in [3.8, 4) is 5.75 Å². The Kier molecular flexibility index (Phi) is 4.61. The van der Waals surface area contributed by atoms with Crippen LogP contribution in [0.25, 0.3) is 0 Å². The van der Waals surface area contributed by atoms with Crippen LogP contribution >= 0.6 is 11.3 Å². The second-order valence-corrected chi connectivity index (χ2v) is 6.77. The molecule has 2 nitrogen and oxygen atoms in total. The number of hydrogen-bond donors (Lipinski definition) is 1. The molecule has 0 radical (unpaired) electrons. The molecule has 1 aliphatic carbocycles. The van der Waals surface area contributed by atoms with Gasteiger partial charge in [-0.25, -0.2) is 0 Å². The van der Waals surface area contributed by atoms with Gasteiger partial charge < -0.3 is 10.1 Å². The summed E-state index contributed by atoms with van der Waals surface area (Å²) in [5.41, 5.74) is 2.90. The third-order valence-electron chi connectivity index (χ3n) is 4.09. The first-order valence-electron chi connectivity index (χ1n) is 7.86. The molecule has 2 aromatic rings. The van der Waals surface area contributed by atoms with E-state index in [9.17, 15) is 0 Å². The topological polar surface area (TPSA) is 21.3 Å². The maximum absolute atomic E-state index is 5.96. The molecule has 3 rings (SSSR count). The lowest BCUT2D eigenvalue weighted by atomic mass is 10.1. The molecule has 3 heteroatoms. The van der Waals surface area contributed by atoms with Gasteiger partial charge in [-0.15, -0.1) is 11.3 Å². The van der Waals surface area contributed by atoms with Crippen LogP contribution in [-0.2, 0) is 19.4 Å². The fourth-order valence-corrected chi connectivity index (χ4v) is 3.86. The molecule has 1 aromatic carbocycles. The second kappa shape index (κ2) is 6.63. The number of hydrogen-bond acceptors (Lipinski definition) is 3. The zero-order chi connectivity index (χ0) is 14.7. The van der Waals surface area contributed by atoms with E-state index in [1.807, 2.05) is 11.3 Å². The number of aryl methyl sites for hydroxylation is 2. The Labute approximate surface area is 131 Å². The highest BCUT2D eigenvalue weighted by atomic mass is 32.1. The van der Waals surface area contributed by atoms with Gasteiger partial charge in [-0.1, -0.05) is 19.9 Å². The maximum atomic E-state index is 5.96. The normalized spacial score (nSPS) is 17.0. The number of thiophene rings is 1. The van der Waals surface area contributed by atoms with Gasteiger partial charge in [0.2, 0.25) is 0 Å². The van der Waals surface area contributed by atoms with Crippen LogP contribution in [0.1, 0.15) is 47.2 Å². The van der Waals surface area contributed by atoms with E-state index in [0.717, 1.165) is 25.1 Å². The van der Waals surface area contributed by atoms with Crippen molar-refractivity contribution in [2.75, 3.05) is 6.54 Å². The number of ether oxygens (including phenoxy) is 1. The van der Waals surface area contributed by atoms with Gasteiger partial charge in [0.15, 0.2) is 0 Å². The molecule has 0 aliphatic heterocycles. The van der Waals surface area contributed by atoms with Crippen LogP contribution in [0.15, 0.2) is 30.3 Å². The second-order valence-electron chi connectivity index (χ2n) is 5.52. The highest BCUT2D eigenvalue weighted by Crippen LogP contribution is 2.33. The first-order chi connectivity index (χ1) is 10.3. The molecule has 0 fully saturated rings. The molecule has 0 saturated heterocycles. The third kappa shape index (κ3) is 3.30. The molecule has 1 aromatic heterocycles. The van der Waals surface area contributed by atoms with Crippen LogP contribution in [0.2, 0.25) is 0 Å². The molecule has 1 aliphatic rings. The Morgan fingerprint density at radius 3 is 2.81 bits per heavy atom. The summed E-state index contributed by atoms with van der Waals surface area (Å²) in [6.07, 6.45) is 3.47. The van der Waals surface area contributed by atoms with Gasteiger partial charge in [-0.2, -0.15) is 0 Å². The molecule has 1 heterocycles. The molecule has 1 atom stereocenters. The smallest absolute Gasteiger partial charge is 0.122 e. The van der Waals surface area contributed by atoms with Gasteiger partial charge in [0, 0.05) is 15.8 Å². The van der Waals surface area contributed by atoms with E-state index in [4.69, 9.17) is 4.74 Å². The minimum absolute atomic E-state index is 0.531. The van der Waals surface area contributed by atoms with Crippen LogP contribution in [0, 0.1) is 0 Å². The lowest BCUT2D eigenvalue weighted by Crippen LogP contribution is -2.18. The first kappa shape index (κ1) is 14.6. The van der Waals surface area contributed by atoms with E-state index in [1.54, 1.807) is 0 Å². The van der Waals surface area contributed by atoms with Gasteiger partial charge in [-0.05, 0) is 61.2 Å². The largest absolute Gasteiger partial charge is 0.488 e. The van der Waals surface area contributed by atoms with Crippen molar-refractivity contribution in [3.63, 3.8) is 0 Å². The number of fused-ring (bicyclic) bond motifs is 1. The predicted molar refractivity (Wildman–Crippen MR) is 89.2 cm³/mol. The van der Waals surface area contributed by atoms with Gasteiger partial charge in [0.1, 0.15) is 12.4 Å². The minimum Gasteiger partial charge on any atom is -0.488 e. The Morgan fingerprint density at radius 2 is 2.05 bits per heavy atom. The molecule has 21 heavy (non-hydrogen) atoms. The highest BCUT2D eigenvalue weighted by molar-refractivity contribution is 7.11. The van der Waals surface area contributed by atoms with Crippen LogP contribution < -0.4 is 10.1 Å². The Bertz CT molecular complexity index is 605. The summed E-state index contributed by atoms with van der Waals surface area (Å²) < 4.78 is 5.96. The lowest BCUT2D eigenvalue weighted by Gasteiger charge is -2.13. The SMILES string of the molecule is CCNC1CCc2cc(OCc3ccc(CC)s3)ccc21. The van der Waals surface area contributed by atoms with Crippen LogP contribution in [0.4, 0.5) is 0 Å².